The highest BCUT2D eigenvalue weighted by Crippen LogP contribution is 2.44. The Labute approximate surface area is 192 Å². The Morgan fingerprint density at radius 2 is 1.71 bits per heavy atom. The van der Waals surface area contributed by atoms with E-state index in [0.717, 1.165) is 18.2 Å². The maximum atomic E-state index is 14.0. The van der Waals surface area contributed by atoms with E-state index in [0.29, 0.717) is 22.3 Å². The molecule has 1 aromatic heterocycles. The highest BCUT2D eigenvalue weighted by molar-refractivity contribution is 6.14. The molecule has 5 nitrogen and oxygen atoms in total. The van der Waals surface area contributed by atoms with Crippen LogP contribution in [0, 0.1) is 24.4 Å². The first-order valence-corrected chi connectivity index (χ1v) is 10.5. The van der Waals surface area contributed by atoms with Gasteiger partial charge in [0, 0.05) is 17.0 Å². The van der Waals surface area contributed by atoms with Crippen molar-refractivity contribution in [3.05, 3.63) is 94.5 Å². The van der Waals surface area contributed by atoms with Crippen molar-refractivity contribution >= 4 is 28.3 Å². The van der Waals surface area contributed by atoms with Gasteiger partial charge in [-0.05, 0) is 55.8 Å². The van der Waals surface area contributed by atoms with Crippen LogP contribution in [0.25, 0.3) is 11.0 Å². The zero-order valence-corrected chi connectivity index (χ0v) is 18.2. The number of Topliss-reactive ketones (excluding diaryl/α,β-unsaturated/α-hetero) is 1. The molecule has 8 heteroatoms. The maximum Gasteiger partial charge on any atom is 0.291 e. The number of anilines is 1. The average Bonchev–Trinajstić information content (AvgIpc) is 3.13. The first-order chi connectivity index (χ1) is 16.2. The number of ketones is 1. The number of hydrogen-bond donors (Lipinski definition) is 1. The summed E-state index contributed by atoms with van der Waals surface area (Å²) in [6.07, 6.45) is -0.00853. The molecule has 1 N–H and O–H groups in total. The molecule has 1 atom stereocenters. The number of fused-ring (bicyclic) bond motifs is 3. The maximum absolute atomic E-state index is 14.0. The number of carbonyl (C=O) groups is 2. The van der Waals surface area contributed by atoms with E-state index < -0.39 is 29.0 Å². The van der Waals surface area contributed by atoms with Crippen molar-refractivity contribution in [2.24, 2.45) is 0 Å². The topological polar surface area (TPSA) is 68.5 Å². The lowest BCUT2D eigenvalue weighted by Gasteiger charge is -2.35. The molecule has 1 aliphatic rings. The average molecular weight is 465 g/mol. The molecule has 0 saturated carbocycles. The van der Waals surface area contributed by atoms with Crippen LogP contribution in [0.4, 0.5) is 18.9 Å². The second-order valence-corrected chi connectivity index (χ2v) is 8.39. The minimum absolute atomic E-state index is 0.00853. The Morgan fingerprint density at radius 3 is 2.44 bits per heavy atom. The minimum atomic E-state index is -1.00. The number of furan rings is 1. The number of nitrogens with one attached hydrogen (secondary N) is 1. The van der Waals surface area contributed by atoms with Crippen molar-refractivity contribution in [2.75, 3.05) is 5.32 Å². The molecule has 0 spiro atoms. The van der Waals surface area contributed by atoms with Gasteiger partial charge in [-0.3, -0.25) is 9.59 Å². The van der Waals surface area contributed by atoms with E-state index in [-0.39, 0.29) is 34.8 Å². The molecule has 2 heterocycles. The normalized spacial score (nSPS) is 17.4. The second kappa shape index (κ2) is 7.76. The molecule has 0 unspecified atom stereocenters. The molecule has 34 heavy (non-hydrogen) atoms. The molecule has 172 valence electrons. The molecule has 3 aromatic carbocycles. The lowest BCUT2D eigenvalue weighted by Crippen LogP contribution is -2.36. The fourth-order valence-corrected chi connectivity index (χ4v) is 4.31. The summed E-state index contributed by atoms with van der Waals surface area (Å²) >= 11 is 0. The van der Waals surface area contributed by atoms with Gasteiger partial charge >= 0.3 is 0 Å². The van der Waals surface area contributed by atoms with Crippen LogP contribution in [0.3, 0.4) is 0 Å². The Hall–Kier alpha value is -4.07. The van der Waals surface area contributed by atoms with Gasteiger partial charge in [0.15, 0.2) is 11.5 Å². The standard InChI is InChI=1S/C26H18F3NO4/c1-13-22-20(33-24(13)25(32)30-18-11-16(28)7-8-17(18)29)9-10-21-23(22)19(31)12-26(2,34-21)14-3-5-15(27)6-4-14/h3-11H,12H2,1-2H3,(H,30,32)/t26-/m0/s1. The van der Waals surface area contributed by atoms with Crippen LogP contribution in [-0.2, 0) is 5.60 Å². The molecule has 0 fully saturated rings. The van der Waals surface area contributed by atoms with Gasteiger partial charge in [-0.15, -0.1) is 0 Å². The summed E-state index contributed by atoms with van der Waals surface area (Å²) in [6.45, 7) is 3.35. The van der Waals surface area contributed by atoms with Crippen molar-refractivity contribution < 1.29 is 31.9 Å². The van der Waals surface area contributed by atoms with Crippen molar-refractivity contribution in [1.82, 2.24) is 0 Å². The first kappa shape index (κ1) is 21.8. The summed E-state index contributed by atoms with van der Waals surface area (Å²) in [6, 6.07) is 11.6. The highest BCUT2D eigenvalue weighted by atomic mass is 19.1. The molecule has 0 aliphatic carbocycles. The van der Waals surface area contributed by atoms with Gasteiger partial charge in [0.2, 0.25) is 0 Å². The van der Waals surface area contributed by atoms with Gasteiger partial charge in [0.05, 0.1) is 17.7 Å². The van der Waals surface area contributed by atoms with Crippen molar-refractivity contribution in [3.63, 3.8) is 0 Å². The van der Waals surface area contributed by atoms with Gasteiger partial charge in [0.25, 0.3) is 5.91 Å². The number of aryl methyl sites for hydroxylation is 1. The predicted molar refractivity (Wildman–Crippen MR) is 119 cm³/mol. The van der Waals surface area contributed by atoms with E-state index in [4.69, 9.17) is 9.15 Å². The minimum Gasteiger partial charge on any atom is -0.482 e. The smallest absolute Gasteiger partial charge is 0.291 e. The monoisotopic (exact) mass is 465 g/mol. The van der Waals surface area contributed by atoms with E-state index >= 15 is 0 Å². The number of rotatable bonds is 3. The summed E-state index contributed by atoms with van der Waals surface area (Å²) in [5.74, 6) is -2.74. The third kappa shape index (κ3) is 3.51. The lowest BCUT2D eigenvalue weighted by molar-refractivity contribution is 0.0507. The van der Waals surface area contributed by atoms with E-state index in [9.17, 15) is 22.8 Å². The number of hydrogen-bond acceptors (Lipinski definition) is 4. The molecule has 4 aromatic rings. The molecule has 1 aliphatic heterocycles. The van der Waals surface area contributed by atoms with Crippen LogP contribution < -0.4 is 10.1 Å². The Balaban J connectivity index is 1.54. The van der Waals surface area contributed by atoms with Crippen LogP contribution in [0.1, 0.15) is 45.4 Å². The number of ether oxygens (including phenoxy) is 1. The number of carbonyl (C=O) groups excluding carboxylic acids is 2. The van der Waals surface area contributed by atoms with E-state index in [1.165, 1.54) is 12.1 Å². The van der Waals surface area contributed by atoms with E-state index in [1.54, 1.807) is 38.1 Å². The predicted octanol–water partition coefficient (Wildman–Crippen LogP) is 6.29. The number of benzene rings is 3. The number of amides is 1. The van der Waals surface area contributed by atoms with E-state index in [1.807, 2.05) is 0 Å². The third-order valence-electron chi connectivity index (χ3n) is 6.01. The Morgan fingerprint density at radius 1 is 1.00 bits per heavy atom. The zero-order valence-electron chi connectivity index (χ0n) is 18.2. The Bertz CT molecular complexity index is 1480. The fraction of sp³-hybridized carbons (Fsp3) is 0.154. The van der Waals surface area contributed by atoms with Crippen molar-refractivity contribution in [1.29, 1.82) is 0 Å². The van der Waals surface area contributed by atoms with Crippen LogP contribution in [0.5, 0.6) is 5.75 Å². The molecule has 1 amide bonds. The quantitative estimate of drug-likeness (QED) is 0.386. The first-order valence-electron chi connectivity index (χ1n) is 10.5. The summed E-state index contributed by atoms with van der Waals surface area (Å²) in [7, 11) is 0. The summed E-state index contributed by atoms with van der Waals surface area (Å²) < 4.78 is 52.7. The van der Waals surface area contributed by atoms with Gasteiger partial charge in [-0.2, -0.15) is 0 Å². The lowest BCUT2D eigenvalue weighted by atomic mass is 9.84. The van der Waals surface area contributed by atoms with Crippen LogP contribution >= 0.6 is 0 Å². The SMILES string of the molecule is Cc1c(C(=O)Nc2cc(F)ccc2F)oc2ccc3c(c12)C(=O)C[C@@](C)(c1ccc(F)cc1)O3. The molecule has 0 bridgehead atoms. The fourth-order valence-electron chi connectivity index (χ4n) is 4.31. The van der Waals surface area contributed by atoms with Gasteiger partial charge < -0.3 is 14.5 Å². The molecular formula is C26H18F3NO4. The van der Waals surface area contributed by atoms with Gasteiger partial charge in [0.1, 0.15) is 34.4 Å². The molecular weight excluding hydrogens is 447 g/mol. The van der Waals surface area contributed by atoms with Crippen molar-refractivity contribution in [2.45, 2.75) is 25.9 Å². The zero-order chi connectivity index (χ0) is 24.2. The van der Waals surface area contributed by atoms with Crippen LogP contribution in [-0.4, -0.2) is 11.7 Å². The molecule has 0 saturated heterocycles. The summed E-state index contributed by atoms with van der Waals surface area (Å²) in [5.41, 5.74) is 0.231. The van der Waals surface area contributed by atoms with Crippen LogP contribution in [0.2, 0.25) is 0 Å². The van der Waals surface area contributed by atoms with Crippen molar-refractivity contribution in [3.8, 4) is 5.75 Å². The number of halogens is 3. The van der Waals surface area contributed by atoms with Crippen LogP contribution in [0.15, 0.2) is 59.0 Å². The second-order valence-electron chi connectivity index (χ2n) is 8.39. The summed E-state index contributed by atoms with van der Waals surface area (Å²) in [5, 5.41) is 2.72. The largest absolute Gasteiger partial charge is 0.482 e. The Kier molecular flexibility index (Phi) is 4.97. The van der Waals surface area contributed by atoms with Gasteiger partial charge in [-0.1, -0.05) is 12.1 Å². The molecule has 0 radical (unpaired) electrons. The van der Waals surface area contributed by atoms with Gasteiger partial charge in [-0.25, -0.2) is 13.2 Å². The molecule has 5 rings (SSSR count). The summed E-state index contributed by atoms with van der Waals surface area (Å²) in [4.78, 5) is 26.1. The van der Waals surface area contributed by atoms with E-state index in [2.05, 4.69) is 5.32 Å². The third-order valence-corrected chi connectivity index (χ3v) is 6.01. The highest BCUT2D eigenvalue weighted by Gasteiger charge is 2.40.